The SMILES string of the molecule is CCc1ccccc1CNC(C)c1ccc(C)s1. The molecule has 18 heavy (non-hydrogen) atoms. The Balaban J connectivity index is 1.99. The maximum Gasteiger partial charge on any atom is 0.0388 e. The number of hydrogen-bond donors (Lipinski definition) is 1. The lowest BCUT2D eigenvalue weighted by atomic mass is 10.1. The first-order chi connectivity index (χ1) is 8.70. The van der Waals surface area contributed by atoms with E-state index in [1.54, 1.807) is 0 Å². The van der Waals surface area contributed by atoms with E-state index in [0.29, 0.717) is 6.04 Å². The second kappa shape index (κ2) is 6.17. The van der Waals surface area contributed by atoms with Gasteiger partial charge in [-0.3, -0.25) is 0 Å². The summed E-state index contributed by atoms with van der Waals surface area (Å²) in [6, 6.07) is 13.5. The number of benzene rings is 1. The van der Waals surface area contributed by atoms with E-state index >= 15 is 0 Å². The highest BCUT2D eigenvalue weighted by atomic mass is 32.1. The Morgan fingerprint density at radius 2 is 1.83 bits per heavy atom. The van der Waals surface area contributed by atoms with Gasteiger partial charge in [0.05, 0.1) is 0 Å². The van der Waals surface area contributed by atoms with Gasteiger partial charge in [-0.25, -0.2) is 0 Å². The summed E-state index contributed by atoms with van der Waals surface area (Å²) in [4.78, 5) is 2.80. The van der Waals surface area contributed by atoms with E-state index in [2.05, 4.69) is 62.5 Å². The van der Waals surface area contributed by atoms with Crippen molar-refractivity contribution in [3.05, 3.63) is 57.3 Å². The molecule has 0 bridgehead atoms. The van der Waals surface area contributed by atoms with E-state index < -0.39 is 0 Å². The zero-order valence-electron chi connectivity index (χ0n) is 11.4. The van der Waals surface area contributed by atoms with Crippen molar-refractivity contribution in [2.24, 2.45) is 0 Å². The molecule has 1 nitrogen and oxygen atoms in total. The van der Waals surface area contributed by atoms with Crippen molar-refractivity contribution in [1.29, 1.82) is 0 Å². The lowest BCUT2D eigenvalue weighted by Gasteiger charge is -2.14. The second-order valence-corrected chi connectivity index (χ2v) is 5.99. The van der Waals surface area contributed by atoms with Crippen molar-refractivity contribution in [2.45, 2.75) is 39.8 Å². The van der Waals surface area contributed by atoms with Crippen molar-refractivity contribution in [2.75, 3.05) is 0 Å². The van der Waals surface area contributed by atoms with Crippen LogP contribution in [-0.2, 0) is 13.0 Å². The molecule has 0 saturated heterocycles. The summed E-state index contributed by atoms with van der Waals surface area (Å²) < 4.78 is 0. The van der Waals surface area contributed by atoms with Crippen LogP contribution in [0.4, 0.5) is 0 Å². The van der Waals surface area contributed by atoms with Gasteiger partial charge in [-0.1, -0.05) is 31.2 Å². The highest BCUT2D eigenvalue weighted by Gasteiger charge is 2.07. The molecule has 1 heterocycles. The smallest absolute Gasteiger partial charge is 0.0388 e. The zero-order chi connectivity index (χ0) is 13.0. The fourth-order valence-electron chi connectivity index (χ4n) is 2.12. The summed E-state index contributed by atoms with van der Waals surface area (Å²) in [7, 11) is 0. The molecule has 1 aromatic carbocycles. The largest absolute Gasteiger partial charge is 0.305 e. The van der Waals surface area contributed by atoms with Crippen LogP contribution in [0.1, 0.15) is 40.8 Å². The van der Waals surface area contributed by atoms with Crippen molar-refractivity contribution in [1.82, 2.24) is 5.32 Å². The number of thiophene rings is 1. The molecule has 1 N–H and O–H groups in total. The molecule has 0 aliphatic rings. The molecule has 2 aromatic rings. The number of nitrogens with one attached hydrogen (secondary N) is 1. The molecular weight excluding hydrogens is 238 g/mol. The van der Waals surface area contributed by atoms with Gasteiger partial charge in [0.2, 0.25) is 0 Å². The minimum absolute atomic E-state index is 0.425. The second-order valence-electron chi connectivity index (χ2n) is 4.67. The minimum atomic E-state index is 0.425. The Morgan fingerprint density at radius 3 is 2.44 bits per heavy atom. The van der Waals surface area contributed by atoms with Crippen molar-refractivity contribution >= 4 is 11.3 Å². The summed E-state index contributed by atoms with van der Waals surface area (Å²) in [5.74, 6) is 0. The average Bonchev–Trinajstić information content (AvgIpc) is 2.83. The third-order valence-corrected chi connectivity index (χ3v) is 4.47. The van der Waals surface area contributed by atoms with Gasteiger partial charge in [-0.05, 0) is 43.5 Å². The molecule has 0 saturated carbocycles. The zero-order valence-corrected chi connectivity index (χ0v) is 12.2. The van der Waals surface area contributed by atoms with E-state index in [-0.39, 0.29) is 0 Å². The highest BCUT2D eigenvalue weighted by Crippen LogP contribution is 2.22. The number of rotatable bonds is 5. The molecule has 0 spiro atoms. The molecule has 1 aromatic heterocycles. The van der Waals surface area contributed by atoms with Crippen LogP contribution < -0.4 is 5.32 Å². The van der Waals surface area contributed by atoms with Gasteiger partial charge in [0, 0.05) is 22.3 Å². The minimum Gasteiger partial charge on any atom is -0.305 e. The third kappa shape index (κ3) is 3.21. The van der Waals surface area contributed by atoms with E-state index in [1.165, 1.54) is 20.9 Å². The predicted molar refractivity (Wildman–Crippen MR) is 80.1 cm³/mol. The van der Waals surface area contributed by atoms with Crippen LogP contribution >= 0.6 is 11.3 Å². The number of aryl methyl sites for hydroxylation is 2. The van der Waals surface area contributed by atoms with Gasteiger partial charge in [-0.2, -0.15) is 0 Å². The fourth-order valence-corrected chi connectivity index (χ4v) is 3.03. The Labute approximate surface area is 114 Å². The summed E-state index contributed by atoms with van der Waals surface area (Å²) in [5, 5.41) is 3.61. The maximum absolute atomic E-state index is 3.61. The monoisotopic (exact) mass is 259 g/mol. The normalized spacial score (nSPS) is 12.6. The molecule has 0 fully saturated rings. The topological polar surface area (TPSA) is 12.0 Å². The maximum atomic E-state index is 3.61. The lowest BCUT2D eigenvalue weighted by molar-refractivity contribution is 0.580. The lowest BCUT2D eigenvalue weighted by Crippen LogP contribution is -2.18. The van der Waals surface area contributed by atoms with Crippen molar-refractivity contribution < 1.29 is 0 Å². The first-order valence-electron chi connectivity index (χ1n) is 6.57. The fraction of sp³-hybridized carbons (Fsp3) is 0.375. The molecule has 0 aliphatic carbocycles. The molecule has 1 unspecified atom stereocenters. The van der Waals surface area contributed by atoms with Crippen LogP contribution in [0.5, 0.6) is 0 Å². The Hall–Kier alpha value is -1.12. The third-order valence-electron chi connectivity index (χ3n) is 3.29. The first kappa shape index (κ1) is 13.3. The van der Waals surface area contributed by atoms with Crippen molar-refractivity contribution in [3.63, 3.8) is 0 Å². The van der Waals surface area contributed by atoms with Crippen LogP contribution in [0.3, 0.4) is 0 Å². The Morgan fingerprint density at radius 1 is 1.11 bits per heavy atom. The van der Waals surface area contributed by atoms with Crippen LogP contribution in [0.25, 0.3) is 0 Å². The van der Waals surface area contributed by atoms with Crippen LogP contribution in [0, 0.1) is 6.92 Å². The molecule has 2 rings (SSSR count). The van der Waals surface area contributed by atoms with Crippen LogP contribution in [0.15, 0.2) is 36.4 Å². The molecular formula is C16H21NS. The summed E-state index contributed by atoms with van der Waals surface area (Å²) in [6.07, 6.45) is 1.10. The van der Waals surface area contributed by atoms with Gasteiger partial charge in [0.15, 0.2) is 0 Å². The first-order valence-corrected chi connectivity index (χ1v) is 7.39. The standard InChI is InChI=1S/C16H21NS/c1-4-14-7-5-6-8-15(14)11-17-13(3)16-10-9-12(2)18-16/h5-10,13,17H,4,11H2,1-3H3. The van der Waals surface area contributed by atoms with E-state index in [4.69, 9.17) is 0 Å². The molecule has 0 radical (unpaired) electrons. The summed E-state index contributed by atoms with van der Waals surface area (Å²) in [5.41, 5.74) is 2.86. The highest BCUT2D eigenvalue weighted by molar-refractivity contribution is 7.12. The van der Waals surface area contributed by atoms with Crippen molar-refractivity contribution in [3.8, 4) is 0 Å². The summed E-state index contributed by atoms with van der Waals surface area (Å²) in [6.45, 7) is 7.56. The van der Waals surface area contributed by atoms with Gasteiger partial charge >= 0.3 is 0 Å². The molecule has 2 heteroatoms. The van der Waals surface area contributed by atoms with E-state index in [1.807, 2.05) is 11.3 Å². The van der Waals surface area contributed by atoms with E-state index in [0.717, 1.165) is 13.0 Å². The number of hydrogen-bond acceptors (Lipinski definition) is 2. The van der Waals surface area contributed by atoms with E-state index in [9.17, 15) is 0 Å². The van der Waals surface area contributed by atoms with Crippen LogP contribution in [0.2, 0.25) is 0 Å². The van der Waals surface area contributed by atoms with Gasteiger partial charge < -0.3 is 5.32 Å². The Kier molecular flexibility index (Phi) is 4.56. The van der Waals surface area contributed by atoms with Gasteiger partial charge in [0.25, 0.3) is 0 Å². The molecule has 0 amide bonds. The Bertz CT molecular complexity index is 501. The predicted octanol–water partition coefficient (Wildman–Crippen LogP) is 4.47. The molecule has 1 atom stereocenters. The van der Waals surface area contributed by atoms with Crippen LogP contribution in [-0.4, -0.2) is 0 Å². The molecule has 96 valence electrons. The quantitative estimate of drug-likeness (QED) is 0.835. The summed E-state index contributed by atoms with van der Waals surface area (Å²) >= 11 is 1.88. The van der Waals surface area contributed by atoms with Gasteiger partial charge in [-0.15, -0.1) is 11.3 Å². The molecule has 0 aliphatic heterocycles. The van der Waals surface area contributed by atoms with Gasteiger partial charge in [0.1, 0.15) is 0 Å². The average molecular weight is 259 g/mol.